The molecule has 0 aliphatic heterocycles. The molecule has 0 bridgehead atoms. The van der Waals surface area contributed by atoms with Crippen LogP contribution in [0.3, 0.4) is 0 Å². The van der Waals surface area contributed by atoms with Crippen LogP contribution >= 0.6 is 11.6 Å². The second-order valence-corrected chi connectivity index (χ2v) is 5.69. The monoisotopic (exact) mass is 328 g/mol. The number of aromatic nitrogens is 1. The molecule has 2 N–H and O–H groups in total. The number of carbonyl (C=O) groups excluding carboxylic acids is 1. The highest BCUT2D eigenvalue weighted by atomic mass is 35.5. The molecule has 0 spiro atoms. The van der Waals surface area contributed by atoms with Gasteiger partial charge >= 0.3 is 5.97 Å². The molecule has 6 nitrogen and oxygen atoms in total. The lowest BCUT2D eigenvalue weighted by molar-refractivity contribution is -0.143. The van der Waals surface area contributed by atoms with Crippen molar-refractivity contribution in [3.8, 4) is 0 Å². The molecule has 2 unspecified atom stereocenters. The number of hydrogen-bond acceptors (Lipinski definition) is 3. The van der Waals surface area contributed by atoms with Crippen LogP contribution in [0.1, 0.15) is 33.1 Å². The minimum Gasteiger partial charge on any atom is -0.480 e. The lowest BCUT2D eigenvalue weighted by Gasteiger charge is -2.20. The van der Waals surface area contributed by atoms with Crippen LogP contribution in [0.25, 0.3) is 0 Å². The summed E-state index contributed by atoms with van der Waals surface area (Å²) in [6, 6.07) is 1.99. The van der Waals surface area contributed by atoms with Gasteiger partial charge in [0.05, 0.1) is 5.02 Å². The molecule has 0 fully saturated rings. The summed E-state index contributed by atoms with van der Waals surface area (Å²) in [5, 5.41) is 12.1. The lowest BCUT2D eigenvalue weighted by atomic mass is 9.99. The van der Waals surface area contributed by atoms with Gasteiger partial charge in [0, 0.05) is 25.2 Å². The van der Waals surface area contributed by atoms with Gasteiger partial charge in [0.1, 0.15) is 6.04 Å². The van der Waals surface area contributed by atoms with Crippen molar-refractivity contribution in [2.24, 2.45) is 5.92 Å². The summed E-state index contributed by atoms with van der Waals surface area (Å²) in [5.74, 6) is -1.51. The number of hydrogen-bond donors (Lipinski definition) is 2. The number of carboxylic acids is 1. The molecule has 122 valence electrons. The Labute approximate surface area is 134 Å². The van der Waals surface area contributed by atoms with Gasteiger partial charge in [-0.2, -0.15) is 0 Å². The standard InChI is InChI=1S/C15H21ClN2O4/c1-3-10(2)14(15(21)22)17-12(19)5-4-8-18-9-11(16)6-7-13(18)20/h6-7,9-10,14H,3-5,8H2,1-2H3,(H,17,19)(H,21,22). The first-order chi connectivity index (χ1) is 10.3. The van der Waals surface area contributed by atoms with Crippen molar-refractivity contribution in [3.63, 3.8) is 0 Å². The molecular weight excluding hydrogens is 308 g/mol. The third-order valence-electron chi connectivity index (χ3n) is 3.55. The average molecular weight is 329 g/mol. The Bertz CT molecular complexity index is 585. The van der Waals surface area contributed by atoms with Crippen LogP contribution in [0.15, 0.2) is 23.1 Å². The van der Waals surface area contributed by atoms with Gasteiger partial charge in [0.2, 0.25) is 5.91 Å². The molecular formula is C15H21ClN2O4. The third-order valence-corrected chi connectivity index (χ3v) is 3.77. The number of carboxylic acid groups (broad SMARTS) is 1. The zero-order valence-electron chi connectivity index (χ0n) is 12.7. The predicted molar refractivity (Wildman–Crippen MR) is 84.0 cm³/mol. The second-order valence-electron chi connectivity index (χ2n) is 5.25. The number of amides is 1. The SMILES string of the molecule is CCC(C)C(NC(=O)CCCn1cc(Cl)ccc1=O)C(=O)O. The molecule has 0 aliphatic carbocycles. The van der Waals surface area contributed by atoms with Crippen molar-refractivity contribution in [2.75, 3.05) is 0 Å². The minimum atomic E-state index is -1.03. The molecule has 1 rings (SSSR count). The van der Waals surface area contributed by atoms with E-state index in [1.165, 1.54) is 22.9 Å². The molecule has 0 saturated heterocycles. The van der Waals surface area contributed by atoms with Crippen LogP contribution in [0, 0.1) is 5.92 Å². The van der Waals surface area contributed by atoms with Gasteiger partial charge in [-0.1, -0.05) is 31.9 Å². The van der Waals surface area contributed by atoms with E-state index in [2.05, 4.69) is 5.32 Å². The molecule has 0 saturated carbocycles. The van der Waals surface area contributed by atoms with Gasteiger partial charge in [-0.25, -0.2) is 4.79 Å². The molecule has 0 aliphatic rings. The van der Waals surface area contributed by atoms with E-state index in [4.69, 9.17) is 16.7 Å². The molecule has 22 heavy (non-hydrogen) atoms. The normalized spacial score (nSPS) is 13.4. The van der Waals surface area contributed by atoms with Gasteiger partial charge < -0.3 is 15.0 Å². The van der Waals surface area contributed by atoms with Crippen LogP contribution in [0.4, 0.5) is 0 Å². The number of rotatable bonds is 8. The van der Waals surface area contributed by atoms with Crippen LogP contribution in [-0.4, -0.2) is 27.6 Å². The Kier molecular flexibility index (Phi) is 7.11. The largest absolute Gasteiger partial charge is 0.480 e. The van der Waals surface area contributed by atoms with Crippen molar-refractivity contribution < 1.29 is 14.7 Å². The zero-order chi connectivity index (χ0) is 16.7. The van der Waals surface area contributed by atoms with Crippen LogP contribution in [-0.2, 0) is 16.1 Å². The smallest absolute Gasteiger partial charge is 0.326 e. The van der Waals surface area contributed by atoms with E-state index in [0.717, 1.165) is 0 Å². The molecule has 1 amide bonds. The topological polar surface area (TPSA) is 88.4 Å². The number of pyridine rings is 1. The summed E-state index contributed by atoms with van der Waals surface area (Å²) in [6.45, 7) is 4.01. The van der Waals surface area contributed by atoms with Crippen molar-refractivity contribution in [1.29, 1.82) is 0 Å². The van der Waals surface area contributed by atoms with E-state index in [1.54, 1.807) is 6.92 Å². The van der Waals surface area contributed by atoms with Crippen LogP contribution < -0.4 is 10.9 Å². The van der Waals surface area contributed by atoms with Gasteiger partial charge in [0.25, 0.3) is 5.56 Å². The molecule has 1 aromatic rings. The Hall–Kier alpha value is -1.82. The molecule has 7 heteroatoms. The number of aliphatic carboxylic acids is 1. The number of nitrogens with one attached hydrogen (secondary N) is 1. The molecule has 0 radical (unpaired) electrons. The summed E-state index contributed by atoms with van der Waals surface area (Å²) in [5.41, 5.74) is -0.187. The van der Waals surface area contributed by atoms with Crippen molar-refractivity contribution >= 4 is 23.5 Å². The van der Waals surface area contributed by atoms with Crippen molar-refractivity contribution in [3.05, 3.63) is 33.7 Å². The Balaban J connectivity index is 2.50. The van der Waals surface area contributed by atoms with Crippen molar-refractivity contribution in [2.45, 2.75) is 45.7 Å². The van der Waals surface area contributed by atoms with E-state index >= 15 is 0 Å². The molecule has 0 aromatic carbocycles. The maximum absolute atomic E-state index is 11.8. The summed E-state index contributed by atoms with van der Waals surface area (Å²) < 4.78 is 1.43. The predicted octanol–water partition coefficient (Wildman–Crippen LogP) is 1.90. The average Bonchev–Trinajstić information content (AvgIpc) is 2.47. The maximum atomic E-state index is 11.8. The third kappa shape index (κ3) is 5.52. The molecule has 1 aromatic heterocycles. The van der Waals surface area contributed by atoms with Crippen LogP contribution in [0.5, 0.6) is 0 Å². The van der Waals surface area contributed by atoms with Gasteiger partial charge in [-0.05, 0) is 18.4 Å². The first kappa shape index (κ1) is 18.2. The van der Waals surface area contributed by atoms with E-state index in [1.807, 2.05) is 6.92 Å². The number of aryl methyl sites for hydroxylation is 1. The number of halogens is 1. The van der Waals surface area contributed by atoms with Crippen LogP contribution in [0.2, 0.25) is 5.02 Å². The first-order valence-corrected chi connectivity index (χ1v) is 7.61. The zero-order valence-corrected chi connectivity index (χ0v) is 13.5. The maximum Gasteiger partial charge on any atom is 0.326 e. The van der Waals surface area contributed by atoms with E-state index in [0.29, 0.717) is 24.4 Å². The summed E-state index contributed by atoms with van der Waals surface area (Å²) in [4.78, 5) is 34.5. The highest BCUT2D eigenvalue weighted by Crippen LogP contribution is 2.09. The Morgan fingerprint density at radius 2 is 2.09 bits per heavy atom. The quantitative estimate of drug-likeness (QED) is 0.762. The highest BCUT2D eigenvalue weighted by molar-refractivity contribution is 6.30. The second kappa shape index (κ2) is 8.58. The minimum absolute atomic E-state index is 0.142. The van der Waals surface area contributed by atoms with Gasteiger partial charge in [-0.3, -0.25) is 9.59 Å². The lowest BCUT2D eigenvalue weighted by Crippen LogP contribution is -2.45. The van der Waals surface area contributed by atoms with E-state index in [-0.39, 0.29) is 23.8 Å². The van der Waals surface area contributed by atoms with E-state index in [9.17, 15) is 14.4 Å². The Morgan fingerprint density at radius 1 is 1.41 bits per heavy atom. The fourth-order valence-electron chi connectivity index (χ4n) is 2.02. The highest BCUT2D eigenvalue weighted by Gasteiger charge is 2.24. The molecule has 2 atom stereocenters. The van der Waals surface area contributed by atoms with Crippen molar-refractivity contribution in [1.82, 2.24) is 9.88 Å². The Morgan fingerprint density at radius 3 is 2.68 bits per heavy atom. The summed E-state index contributed by atoms with van der Waals surface area (Å²) in [6.07, 6.45) is 2.76. The summed E-state index contributed by atoms with van der Waals surface area (Å²) in [7, 11) is 0. The fraction of sp³-hybridized carbons (Fsp3) is 0.533. The molecule has 1 heterocycles. The van der Waals surface area contributed by atoms with Gasteiger partial charge in [-0.15, -0.1) is 0 Å². The number of carbonyl (C=O) groups is 2. The first-order valence-electron chi connectivity index (χ1n) is 7.23. The van der Waals surface area contributed by atoms with Gasteiger partial charge in [0.15, 0.2) is 0 Å². The summed E-state index contributed by atoms with van der Waals surface area (Å²) >= 11 is 5.81. The fourth-order valence-corrected chi connectivity index (χ4v) is 2.20. The van der Waals surface area contributed by atoms with E-state index < -0.39 is 12.0 Å². The number of nitrogens with zero attached hydrogens (tertiary/aromatic N) is 1.